The fourth-order valence-corrected chi connectivity index (χ4v) is 1.32. The summed E-state index contributed by atoms with van der Waals surface area (Å²) in [7, 11) is 2.16. The average Bonchev–Trinajstić information content (AvgIpc) is 1.89. The van der Waals surface area contributed by atoms with Crippen molar-refractivity contribution in [2.24, 2.45) is 0 Å². The molecular formula is C6H14NOPS. The lowest BCUT2D eigenvalue weighted by molar-refractivity contribution is -0.112. The molecule has 0 aliphatic rings. The van der Waals surface area contributed by atoms with Crippen molar-refractivity contribution in [1.82, 2.24) is 5.32 Å². The highest BCUT2D eigenvalue weighted by atomic mass is 32.1. The Hall–Kier alpha value is 0.410. The Morgan fingerprint density at radius 3 is 2.70 bits per heavy atom. The minimum atomic E-state index is -0.0896. The second-order valence-corrected chi connectivity index (χ2v) is 3.03. The van der Waals surface area contributed by atoms with Crippen molar-refractivity contribution in [3.63, 3.8) is 0 Å². The number of hydrogen-bond donors (Lipinski definition) is 2. The van der Waals surface area contributed by atoms with E-state index in [9.17, 15) is 4.79 Å². The maximum atomic E-state index is 10.7. The van der Waals surface area contributed by atoms with E-state index in [1.54, 1.807) is 0 Å². The molecule has 2 nitrogen and oxygen atoms in total. The van der Waals surface area contributed by atoms with Gasteiger partial charge >= 0.3 is 0 Å². The summed E-state index contributed by atoms with van der Waals surface area (Å²) in [5, 5.41) is 3.07. The molecule has 2 unspecified atom stereocenters. The first kappa shape index (κ1) is 10.4. The van der Waals surface area contributed by atoms with Crippen molar-refractivity contribution in [2.45, 2.75) is 19.4 Å². The van der Waals surface area contributed by atoms with Gasteiger partial charge in [0, 0.05) is 5.75 Å². The van der Waals surface area contributed by atoms with Gasteiger partial charge in [-0.3, -0.25) is 4.79 Å². The molecule has 0 saturated carbocycles. The molecule has 0 saturated heterocycles. The van der Waals surface area contributed by atoms with E-state index in [1.165, 1.54) is 0 Å². The molecule has 4 heteroatoms. The van der Waals surface area contributed by atoms with Gasteiger partial charge in [0.15, 0.2) is 5.52 Å². The lowest BCUT2D eigenvalue weighted by atomic mass is 10.3. The van der Waals surface area contributed by atoms with Crippen molar-refractivity contribution >= 4 is 27.4 Å². The molecule has 60 valence electrons. The van der Waals surface area contributed by atoms with Crippen molar-refractivity contribution in [2.75, 3.05) is 12.3 Å². The summed E-state index contributed by atoms with van der Waals surface area (Å²) in [5.74, 6) is 0.572. The standard InChI is InChI=1S/C6H14NOPS/c1-2-3-7-5(4-10)6(8)9/h5,7,10H,2-4,9H2,1H3. The van der Waals surface area contributed by atoms with E-state index >= 15 is 0 Å². The second-order valence-electron chi connectivity index (χ2n) is 2.09. The fraction of sp³-hybridized carbons (Fsp3) is 0.833. The highest BCUT2D eigenvalue weighted by Crippen LogP contribution is 1.96. The van der Waals surface area contributed by atoms with Crippen molar-refractivity contribution in [3.05, 3.63) is 0 Å². The normalized spacial score (nSPS) is 13.1. The first-order valence-corrected chi connectivity index (χ1v) is 4.57. The molecule has 2 atom stereocenters. The van der Waals surface area contributed by atoms with Crippen LogP contribution >= 0.6 is 21.9 Å². The summed E-state index contributed by atoms with van der Waals surface area (Å²) in [6, 6.07) is -0.0896. The fourth-order valence-electron chi connectivity index (χ4n) is 0.574. The molecule has 10 heavy (non-hydrogen) atoms. The lowest BCUT2D eigenvalue weighted by Crippen LogP contribution is -2.36. The van der Waals surface area contributed by atoms with Crippen LogP contribution < -0.4 is 5.32 Å². The topological polar surface area (TPSA) is 29.1 Å². The van der Waals surface area contributed by atoms with Gasteiger partial charge in [-0.25, -0.2) is 0 Å². The lowest BCUT2D eigenvalue weighted by Gasteiger charge is -2.10. The minimum Gasteiger partial charge on any atom is -0.307 e. The second kappa shape index (κ2) is 6.14. The number of carbonyl (C=O) groups excluding carboxylic acids is 1. The van der Waals surface area contributed by atoms with Gasteiger partial charge in [0.2, 0.25) is 0 Å². The molecule has 0 radical (unpaired) electrons. The molecule has 0 bridgehead atoms. The zero-order valence-corrected chi connectivity index (χ0v) is 8.18. The molecule has 1 N–H and O–H groups in total. The third-order valence-corrected chi connectivity index (χ3v) is 1.93. The summed E-state index contributed by atoms with van der Waals surface area (Å²) in [6.45, 7) is 2.95. The van der Waals surface area contributed by atoms with Crippen LogP contribution in [-0.4, -0.2) is 23.9 Å². The Labute approximate surface area is 69.8 Å². The van der Waals surface area contributed by atoms with Crippen LogP contribution in [0.1, 0.15) is 13.3 Å². The maximum absolute atomic E-state index is 10.7. The number of thiol groups is 1. The molecule has 0 rings (SSSR count). The molecule has 0 aliphatic heterocycles. The highest BCUT2D eigenvalue weighted by molar-refractivity contribution is 7.80. The highest BCUT2D eigenvalue weighted by Gasteiger charge is 2.09. The zero-order chi connectivity index (χ0) is 7.98. The van der Waals surface area contributed by atoms with E-state index < -0.39 is 0 Å². The number of carbonyl (C=O) groups is 1. The molecule has 0 spiro atoms. The van der Waals surface area contributed by atoms with Gasteiger partial charge in [-0.15, -0.1) is 0 Å². The van der Waals surface area contributed by atoms with Crippen molar-refractivity contribution in [3.8, 4) is 0 Å². The summed E-state index contributed by atoms with van der Waals surface area (Å²) in [6.07, 6.45) is 1.04. The van der Waals surface area contributed by atoms with Gasteiger partial charge in [-0.2, -0.15) is 12.6 Å². The Kier molecular flexibility index (Phi) is 6.39. The summed E-state index contributed by atoms with van der Waals surface area (Å²) < 4.78 is 0. The monoisotopic (exact) mass is 179 g/mol. The van der Waals surface area contributed by atoms with E-state index in [0.29, 0.717) is 5.75 Å². The Morgan fingerprint density at radius 1 is 1.80 bits per heavy atom. The van der Waals surface area contributed by atoms with Gasteiger partial charge < -0.3 is 5.32 Å². The largest absolute Gasteiger partial charge is 0.307 e. The van der Waals surface area contributed by atoms with Crippen LogP contribution in [0.15, 0.2) is 0 Å². The SMILES string of the molecule is CCCNC(CS)C(=O)P. The van der Waals surface area contributed by atoms with Crippen LogP contribution in [0.3, 0.4) is 0 Å². The summed E-state index contributed by atoms with van der Waals surface area (Å²) >= 11 is 4.03. The number of rotatable bonds is 5. The molecule has 0 aromatic rings. The van der Waals surface area contributed by atoms with E-state index in [-0.39, 0.29) is 11.6 Å². The van der Waals surface area contributed by atoms with Gasteiger partial charge in [0.1, 0.15) is 0 Å². The van der Waals surface area contributed by atoms with Gasteiger partial charge in [-0.05, 0) is 13.0 Å². The van der Waals surface area contributed by atoms with E-state index in [0.717, 1.165) is 13.0 Å². The van der Waals surface area contributed by atoms with Crippen LogP contribution in [0.2, 0.25) is 0 Å². The predicted molar refractivity (Wildman–Crippen MR) is 50.7 cm³/mol. The number of nitrogens with one attached hydrogen (secondary N) is 1. The van der Waals surface area contributed by atoms with Crippen LogP contribution in [0, 0.1) is 0 Å². The van der Waals surface area contributed by atoms with E-state index in [1.807, 2.05) is 0 Å². The van der Waals surface area contributed by atoms with E-state index in [4.69, 9.17) is 0 Å². The molecule has 0 heterocycles. The molecule has 0 aliphatic carbocycles. The predicted octanol–water partition coefficient (Wildman–Crippen LogP) is 0.686. The van der Waals surface area contributed by atoms with Crippen LogP contribution in [0.25, 0.3) is 0 Å². The minimum absolute atomic E-state index is 0.0865. The smallest absolute Gasteiger partial charge is 0.165 e. The Bertz CT molecular complexity index is 110. The first-order valence-electron chi connectivity index (χ1n) is 3.36. The first-order chi connectivity index (χ1) is 4.72. The average molecular weight is 179 g/mol. The molecular weight excluding hydrogens is 165 g/mol. The zero-order valence-electron chi connectivity index (χ0n) is 6.13. The Morgan fingerprint density at radius 2 is 2.40 bits per heavy atom. The van der Waals surface area contributed by atoms with Gasteiger partial charge in [0.05, 0.1) is 6.04 Å². The molecule has 0 aromatic heterocycles. The van der Waals surface area contributed by atoms with Crippen LogP contribution in [0.4, 0.5) is 0 Å². The van der Waals surface area contributed by atoms with Gasteiger partial charge in [0.25, 0.3) is 0 Å². The number of hydrogen-bond acceptors (Lipinski definition) is 3. The van der Waals surface area contributed by atoms with E-state index in [2.05, 4.69) is 34.1 Å². The third-order valence-electron chi connectivity index (χ3n) is 1.17. The molecule has 0 amide bonds. The van der Waals surface area contributed by atoms with Crippen LogP contribution in [0.5, 0.6) is 0 Å². The molecule has 0 aromatic carbocycles. The van der Waals surface area contributed by atoms with Gasteiger partial charge in [-0.1, -0.05) is 16.2 Å². The third kappa shape index (κ3) is 4.26. The Balaban J connectivity index is 3.50. The van der Waals surface area contributed by atoms with Crippen molar-refractivity contribution < 1.29 is 4.79 Å². The summed E-state index contributed by atoms with van der Waals surface area (Å²) in [4.78, 5) is 10.7. The maximum Gasteiger partial charge on any atom is 0.165 e. The quantitative estimate of drug-likeness (QED) is 0.480. The summed E-state index contributed by atoms with van der Waals surface area (Å²) in [5.41, 5.74) is 0.0865. The molecule has 0 fully saturated rings. The van der Waals surface area contributed by atoms with Crippen LogP contribution in [-0.2, 0) is 4.79 Å². The van der Waals surface area contributed by atoms with Crippen molar-refractivity contribution in [1.29, 1.82) is 0 Å².